The van der Waals surface area contributed by atoms with Gasteiger partial charge in [0.2, 0.25) is 0 Å². The molecule has 3 rings (SSSR count). The quantitative estimate of drug-likeness (QED) is 0.758. The van der Waals surface area contributed by atoms with Crippen LogP contribution in [0.3, 0.4) is 0 Å². The lowest BCUT2D eigenvalue weighted by atomic mass is 9.69. The van der Waals surface area contributed by atoms with Gasteiger partial charge in [-0.2, -0.15) is 0 Å². The van der Waals surface area contributed by atoms with E-state index in [1.54, 1.807) is 0 Å². The molecule has 1 aromatic carbocycles. The number of aryl methyl sites for hydroxylation is 1. The fourth-order valence-corrected chi connectivity index (χ4v) is 4.87. The first-order chi connectivity index (χ1) is 10.2. The van der Waals surface area contributed by atoms with E-state index in [1.165, 1.54) is 57.1 Å². The molecule has 21 heavy (non-hydrogen) atoms. The smallest absolute Gasteiger partial charge is 0.00129 e. The van der Waals surface area contributed by atoms with E-state index < -0.39 is 0 Å². The summed E-state index contributed by atoms with van der Waals surface area (Å²) in [6.07, 6.45) is 10.0. The van der Waals surface area contributed by atoms with Crippen LogP contribution in [0.25, 0.3) is 0 Å². The van der Waals surface area contributed by atoms with Crippen molar-refractivity contribution in [3.63, 3.8) is 0 Å². The van der Waals surface area contributed by atoms with E-state index in [1.807, 2.05) is 0 Å². The van der Waals surface area contributed by atoms with Gasteiger partial charge in [-0.05, 0) is 61.3 Å². The van der Waals surface area contributed by atoms with Gasteiger partial charge >= 0.3 is 0 Å². The van der Waals surface area contributed by atoms with Gasteiger partial charge in [0, 0.05) is 12.6 Å². The van der Waals surface area contributed by atoms with Crippen LogP contribution in [0.4, 0.5) is 0 Å². The molecule has 1 aromatic rings. The molecule has 2 bridgehead atoms. The summed E-state index contributed by atoms with van der Waals surface area (Å²) in [5, 5.41) is 3.76. The van der Waals surface area contributed by atoms with Gasteiger partial charge in [-0.15, -0.1) is 0 Å². The monoisotopic (exact) mass is 285 g/mol. The molecule has 2 aliphatic rings. The summed E-state index contributed by atoms with van der Waals surface area (Å²) in [6.45, 7) is 5.82. The number of hydrogen-bond acceptors (Lipinski definition) is 1. The third-order valence-electron chi connectivity index (χ3n) is 5.95. The van der Waals surface area contributed by atoms with Gasteiger partial charge in [0.25, 0.3) is 0 Å². The SMILES string of the molecule is CC(C)NCC1(CCCc2ccccc2)CC2CCC1C2. The standard InChI is InChI=1S/C20H31N/c1-16(2)21-15-20(14-18-10-11-19(20)13-18)12-6-9-17-7-4-3-5-8-17/h3-5,7-8,16,18-19,21H,6,9-15H2,1-2H3. The van der Waals surface area contributed by atoms with Crippen molar-refractivity contribution in [1.82, 2.24) is 5.32 Å². The first-order valence-corrected chi connectivity index (χ1v) is 8.95. The molecule has 0 saturated heterocycles. The Bertz CT molecular complexity index is 438. The van der Waals surface area contributed by atoms with Crippen molar-refractivity contribution in [2.75, 3.05) is 6.54 Å². The normalized spacial score (nSPS) is 31.2. The second kappa shape index (κ2) is 6.52. The van der Waals surface area contributed by atoms with Gasteiger partial charge in [0.1, 0.15) is 0 Å². The molecule has 116 valence electrons. The molecule has 0 aliphatic heterocycles. The van der Waals surface area contributed by atoms with Crippen molar-refractivity contribution in [3.8, 4) is 0 Å². The summed E-state index contributed by atoms with van der Waals surface area (Å²) < 4.78 is 0. The second-order valence-electron chi connectivity index (χ2n) is 7.82. The van der Waals surface area contributed by atoms with Crippen molar-refractivity contribution in [2.45, 2.75) is 64.8 Å². The topological polar surface area (TPSA) is 12.0 Å². The van der Waals surface area contributed by atoms with Gasteiger partial charge in [0.15, 0.2) is 0 Å². The van der Waals surface area contributed by atoms with E-state index in [2.05, 4.69) is 49.5 Å². The Morgan fingerprint density at radius 1 is 1.19 bits per heavy atom. The maximum Gasteiger partial charge on any atom is 0.00129 e. The zero-order chi connectivity index (χ0) is 14.7. The highest BCUT2D eigenvalue weighted by Gasteiger charge is 2.49. The minimum atomic E-state index is 0.613. The summed E-state index contributed by atoms with van der Waals surface area (Å²) >= 11 is 0. The highest BCUT2D eigenvalue weighted by Crippen LogP contribution is 2.57. The molecule has 2 fully saturated rings. The number of benzene rings is 1. The van der Waals surface area contributed by atoms with Crippen LogP contribution in [0.1, 0.15) is 57.9 Å². The molecule has 0 amide bonds. The molecule has 2 aliphatic carbocycles. The van der Waals surface area contributed by atoms with Crippen LogP contribution in [-0.4, -0.2) is 12.6 Å². The van der Waals surface area contributed by atoms with Crippen molar-refractivity contribution >= 4 is 0 Å². The molecule has 0 radical (unpaired) electrons. The molecule has 0 heterocycles. The van der Waals surface area contributed by atoms with E-state index in [0.717, 1.165) is 11.8 Å². The minimum absolute atomic E-state index is 0.613. The first-order valence-electron chi connectivity index (χ1n) is 8.95. The van der Waals surface area contributed by atoms with Crippen molar-refractivity contribution in [2.24, 2.45) is 17.3 Å². The highest BCUT2D eigenvalue weighted by molar-refractivity contribution is 5.14. The third kappa shape index (κ3) is 3.51. The lowest BCUT2D eigenvalue weighted by Crippen LogP contribution is -2.41. The zero-order valence-corrected chi connectivity index (χ0v) is 13.8. The first kappa shape index (κ1) is 15.1. The molecule has 2 saturated carbocycles. The summed E-state index contributed by atoms with van der Waals surface area (Å²) in [5.41, 5.74) is 2.12. The summed E-state index contributed by atoms with van der Waals surface area (Å²) in [6, 6.07) is 11.6. The lowest BCUT2D eigenvalue weighted by Gasteiger charge is -2.39. The van der Waals surface area contributed by atoms with E-state index in [-0.39, 0.29) is 0 Å². The number of nitrogens with one attached hydrogen (secondary N) is 1. The summed E-state index contributed by atoms with van der Waals surface area (Å²) in [5.74, 6) is 2.05. The van der Waals surface area contributed by atoms with Crippen molar-refractivity contribution in [3.05, 3.63) is 35.9 Å². The Labute approximate surface area is 130 Å². The predicted molar refractivity (Wildman–Crippen MR) is 90.4 cm³/mol. The van der Waals surface area contributed by atoms with E-state index in [0.29, 0.717) is 11.5 Å². The van der Waals surface area contributed by atoms with Gasteiger partial charge in [-0.3, -0.25) is 0 Å². The van der Waals surface area contributed by atoms with Crippen LogP contribution in [0.15, 0.2) is 30.3 Å². The Morgan fingerprint density at radius 2 is 2.00 bits per heavy atom. The second-order valence-corrected chi connectivity index (χ2v) is 7.82. The molecule has 0 aromatic heterocycles. The Kier molecular flexibility index (Phi) is 4.69. The van der Waals surface area contributed by atoms with Gasteiger partial charge in [0.05, 0.1) is 0 Å². The van der Waals surface area contributed by atoms with Crippen molar-refractivity contribution < 1.29 is 0 Å². The number of rotatable bonds is 7. The highest BCUT2D eigenvalue weighted by atomic mass is 14.9. The third-order valence-corrected chi connectivity index (χ3v) is 5.95. The molecule has 1 heteroatoms. The van der Waals surface area contributed by atoms with E-state index in [4.69, 9.17) is 0 Å². The van der Waals surface area contributed by atoms with Gasteiger partial charge < -0.3 is 5.32 Å². The van der Waals surface area contributed by atoms with E-state index in [9.17, 15) is 0 Å². The molecular formula is C20H31N. The summed E-state index contributed by atoms with van der Waals surface area (Å²) in [4.78, 5) is 0. The Hall–Kier alpha value is -0.820. The molecule has 3 unspecified atom stereocenters. The number of fused-ring (bicyclic) bond motifs is 2. The largest absolute Gasteiger partial charge is 0.314 e. The molecule has 1 N–H and O–H groups in total. The van der Waals surface area contributed by atoms with Crippen LogP contribution in [-0.2, 0) is 6.42 Å². The fraction of sp³-hybridized carbons (Fsp3) is 0.700. The van der Waals surface area contributed by atoms with Crippen molar-refractivity contribution in [1.29, 1.82) is 0 Å². The maximum atomic E-state index is 3.76. The summed E-state index contributed by atoms with van der Waals surface area (Å²) in [7, 11) is 0. The molecule has 3 atom stereocenters. The average Bonchev–Trinajstić information content (AvgIpc) is 3.07. The van der Waals surface area contributed by atoms with E-state index >= 15 is 0 Å². The van der Waals surface area contributed by atoms with Gasteiger partial charge in [-0.1, -0.05) is 50.6 Å². The van der Waals surface area contributed by atoms with Crippen LogP contribution in [0.2, 0.25) is 0 Å². The lowest BCUT2D eigenvalue weighted by molar-refractivity contribution is 0.136. The zero-order valence-electron chi connectivity index (χ0n) is 13.8. The molecule has 1 nitrogen and oxygen atoms in total. The fourth-order valence-electron chi connectivity index (χ4n) is 4.87. The Morgan fingerprint density at radius 3 is 2.62 bits per heavy atom. The minimum Gasteiger partial charge on any atom is -0.314 e. The van der Waals surface area contributed by atoms with Gasteiger partial charge in [-0.25, -0.2) is 0 Å². The van der Waals surface area contributed by atoms with Crippen LogP contribution >= 0.6 is 0 Å². The number of hydrogen-bond donors (Lipinski definition) is 1. The van der Waals surface area contributed by atoms with Crippen LogP contribution in [0.5, 0.6) is 0 Å². The average molecular weight is 285 g/mol. The maximum absolute atomic E-state index is 3.76. The molecule has 0 spiro atoms. The predicted octanol–water partition coefficient (Wildman–Crippen LogP) is 4.81. The Balaban J connectivity index is 1.58. The van der Waals surface area contributed by atoms with Crippen LogP contribution < -0.4 is 5.32 Å². The molecular weight excluding hydrogens is 254 g/mol. The van der Waals surface area contributed by atoms with Crippen LogP contribution in [0, 0.1) is 17.3 Å².